The molecule has 0 saturated heterocycles. The minimum absolute atomic E-state index is 0.421. The highest BCUT2D eigenvalue weighted by Crippen LogP contribution is 1.97. The molecule has 3 nitrogen and oxygen atoms in total. The second-order valence-corrected chi connectivity index (χ2v) is 1.53. The first-order valence-corrected chi connectivity index (χ1v) is 2.32. The summed E-state index contributed by atoms with van der Waals surface area (Å²) < 4.78 is 0. The van der Waals surface area contributed by atoms with Crippen LogP contribution in [-0.2, 0) is 4.79 Å². The lowest BCUT2D eigenvalue weighted by Crippen LogP contribution is -2.21. The molecule has 0 bridgehead atoms. The average molecular weight is 110 g/mol. The van der Waals surface area contributed by atoms with Gasteiger partial charge in [-0.25, -0.2) is 0 Å². The molecule has 1 aliphatic heterocycles. The van der Waals surface area contributed by atoms with Crippen LogP contribution in [0.3, 0.4) is 0 Å². The van der Waals surface area contributed by atoms with Crippen molar-refractivity contribution < 1.29 is 4.79 Å². The lowest BCUT2D eigenvalue weighted by atomic mass is 10.3. The molecule has 0 fully saturated rings. The molecule has 0 aromatic rings. The van der Waals surface area contributed by atoms with E-state index in [-0.39, 0.29) is 0 Å². The van der Waals surface area contributed by atoms with Crippen LogP contribution in [0.25, 0.3) is 0 Å². The van der Waals surface area contributed by atoms with Crippen molar-refractivity contribution in [1.29, 1.82) is 0 Å². The summed E-state index contributed by atoms with van der Waals surface area (Å²) in [6, 6.07) is 0. The molecule has 3 heteroatoms. The number of amides is 1. The molecular formula is C5H6N2O. The summed E-state index contributed by atoms with van der Waals surface area (Å²) >= 11 is 0. The minimum atomic E-state index is -0.421. The van der Waals surface area contributed by atoms with Crippen LogP contribution >= 0.6 is 0 Å². The van der Waals surface area contributed by atoms with Gasteiger partial charge in [0.25, 0.3) is 5.91 Å². The normalized spacial score (nSPS) is 16.2. The Morgan fingerprint density at radius 2 is 2.62 bits per heavy atom. The Morgan fingerprint density at radius 1 is 1.88 bits per heavy atom. The van der Waals surface area contributed by atoms with Crippen LogP contribution in [0.15, 0.2) is 17.3 Å². The number of nitrogens with zero attached hydrogens (tertiary/aromatic N) is 1. The zero-order valence-electron chi connectivity index (χ0n) is 4.29. The quantitative estimate of drug-likeness (QED) is 0.500. The SMILES string of the molecule is NC(=O)C1=NC=CC1. The van der Waals surface area contributed by atoms with Crippen LogP contribution < -0.4 is 5.73 Å². The van der Waals surface area contributed by atoms with E-state index in [0.717, 1.165) is 0 Å². The Hall–Kier alpha value is -1.12. The molecule has 0 aliphatic carbocycles. The third-order valence-corrected chi connectivity index (χ3v) is 0.931. The van der Waals surface area contributed by atoms with Crippen molar-refractivity contribution in [1.82, 2.24) is 0 Å². The van der Waals surface area contributed by atoms with Gasteiger partial charge in [0.1, 0.15) is 5.71 Å². The molecule has 0 atom stereocenters. The van der Waals surface area contributed by atoms with Crippen molar-refractivity contribution in [3.8, 4) is 0 Å². The molecule has 8 heavy (non-hydrogen) atoms. The van der Waals surface area contributed by atoms with Gasteiger partial charge in [-0.05, 0) is 0 Å². The molecule has 0 radical (unpaired) electrons. The van der Waals surface area contributed by atoms with Gasteiger partial charge in [0.2, 0.25) is 0 Å². The molecule has 0 saturated carbocycles. The van der Waals surface area contributed by atoms with Gasteiger partial charge in [-0.2, -0.15) is 0 Å². The van der Waals surface area contributed by atoms with Gasteiger partial charge in [0.05, 0.1) is 0 Å². The van der Waals surface area contributed by atoms with Gasteiger partial charge in [0, 0.05) is 12.6 Å². The Morgan fingerprint density at radius 3 is 2.88 bits per heavy atom. The van der Waals surface area contributed by atoms with Gasteiger partial charge >= 0.3 is 0 Å². The van der Waals surface area contributed by atoms with Crippen LogP contribution in [0.5, 0.6) is 0 Å². The zero-order chi connectivity index (χ0) is 5.98. The molecular weight excluding hydrogens is 104 g/mol. The minimum Gasteiger partial charge on any atom is -0.365 e. The Balaban J connectivity index is 2.64. The standard InChI is InChI=1S/C5H6N2O/c6-5(8)4-2-1-3-7-4/h1,3H,2H2,(H2,6,8). The van der Waals surface area contributed by atoms with Crippen molar-refractivity contribution in [2.45, 2.75) is 6.42 Å². The van der Waals surface area contributed by atoms with Crippen LogP contribution in [0.4, 0.5) is 0 Å². The first-order valence-electron chi connectivity index (χ1n) is 2.32. The molecule has 0 aromatic carbocycles. The van der Waals surface area contributed by atoms with Gasteiger partial charge in [0.15, 0.2) is 0 Å². The highest BCUT2D eigenvalue weighted by molar-refractivity contribution is 6.39. The van der Waals surface area contributed by atoms with Gasteiger partial charge in [-0.3, -0.25) is 9.79 Å². The van der Waals surface area contributed by atoms with Crippen molar-refractivity contribution in [3.63, 3.8) is 0 Å². The van der Waals surface area contributed by atoms with E-state index in [9.17, 15) is 4.79 Å². The van der Waals surface area contributed by atoms with Crippen LogP contribution in [0.1, 0.15) is 6.42 Å². The van der Waals surface area contributed by atoms with Gasteiger partial charge in [-0.1, -0.05) is 6.08 Å². The predicted molar refractivity (Wildman–Crippen MR) is 30.4 cm³/mol. The average Bonchev–Trinajstić information content (AvgIpc) is 2.12. The number of hydrogen-bond acceptors (Lipinski definition) is 2. The van der Waals surface area contributed by atoms with E-state index in [0.29, 0.717) is 12.1 Å². The molecule has 0 aromatic heterocycles. The van der Waals surface area contributed by atoms with Crippen LogP contribution in [-0.4, -0.2) is 11.6 Å². The second-order valence-electron chi connectivity index (χ2n) is 1.53. The van der Waals surface area contributed by atoms with E-state index in [2.05, 4.69) is 4.99 Å². The van der Waals surface area contributed by atoms with E-state index >= 15 is 0 Å². The van der Waals surface area contributed by atoms with Crippen molar-refractivity contribution >= 4 is 11.6 Å². The number of carbonyl (C=O) groups excluding carboxylic acids is 1. The number of allylic oxidation sites excluding steroid dienone is 1. The Bertz CT molecular complexity index is 169. The number of primary amides is 1. The summed E-state index contributed by atoms with van der Waals surface area (Å²) in [7, 11) is 0. The largest absolute Gasteiger partial charge is 0.365 e. The molecule has 1 rings (SSSR count). The zero-order valence-corrected chi connectivity index (χ0v) is 4.29. The van der Waals surface area contributed by atoms with Crippen LogP contribution in [0.2, 0.25) is 0 Å². The molecule has 0 unspecified atom stereocenters. The fraction of sp³-hybridized carbons (Fsp3) is 0.200. The van der Waals surface area contributed by atoms with Crippen molar-refractivity contribution in [2.75, 3.05) is 0 Å². The molecule has 1 amide bonds. The lowest BCUT2D eigenvalue weighted by molar-refractivity contribution is -0.112. The lowest BCUT2D eigenvalue weighted by Gasteiger charge is -1.86. The Kier molecular flexibility index (Phi) is 1.12. The summed E-state index contributed by atoms with van der Waals surface area (Å²) in [5, 5.41) is 0. The number of aliphatic imine (C=N–C) groups is 1. The number of hydrogen-bond donors (Lipinski definition) is 1. The highest BCUT2D eigenvalue weighted by atomic mass is 16.1. The maximum Gasteiger partial charge on any atom is 0.263 e. The monoisotopic (exact) mass is 110 g/mol. The van der Waals surface area contributed by atoms with E-state index < -0.39 is 5.91 Å². The van der Waals surface area contributed by atoms with Crippen LogP contribution in [0, 0.1) is 0 Å². The topological polar surface area (TPSA) is 55.5 Å². The first kappa shape index (κ1) is 5.03. The summed E-state index contributed by atoms with van der Waals surface area (Å²) in [6.07, 6.45) is 3.97. The van der Waals surface area contributed by atoms with E-state index in [1.54, 1.807) is 12.3 Å². The van der Waals surface area contributed by atoms with Gasteiger partial charge < -0.3 is 5.73 Å². The molecule has 0 spiro atoms. The summed E-state index contributed by atoms with van der Waals surface area (Å²) in [6.45, 7) is 0. The summed E-state index contributed by atoms with van der Waals surface area (Å²) in [5.74, 6) is -0.421. The third-order valence-electron chi connectivity index (χ3n) is 0.931. The predicted octanol–water partition coefficient (Wildman–Crippen LogP) is -0.170. The van der Waals surface area contributed by atoms with Gasteiger partial charge in [-0.15, -0.1) is 0 Å². The second kappa shape index (κ2) is 1.78. The maximum atomic E-state index is 10.3. The smallest absolute Gasteiger partial charge is 0.263 e. The number of carbonyl (C=O) groups is 1. The third kappa shape index (κ3) is 0.753. The fourth-order valence-electron chi connectivity index (χ4n) is 0.524. The number of rotatable bonds is 1. The fourth-order valence-corrected chi connectivity index (χ4v) is 0.524. The molecule has 42 valence electrons. The highest BCUT2D eigenvalue weighted by Gasteiger charge is 2.05. The maximum absolute atomic E-state index is 10.3. The molecule has 2 N–H and O–H groups in total. The van der Waals surface area contributed by atoms with E-state index in [4.69, 9.17) is 5.73 Å². The molecule has 1 heterocycles. The Labute approximate surface area is 46.9 Å². The first-order chi connectivity index (χ1) is 3.80. The van der Waals surface area contributed by atoms with Crippen molar-refractivity contribution in [2.24, 2.45) is 10.7 Å². The molecule has 1 aliphatic rings. The summed E-state index contributed by atoms with van der Waals surface area (Å²) in [5.41, 5.74) is 5.34. The van der Waals surface area contributed by atoms with Crippen molar-refractivity contribution in [3.05, 3.63) is 12.3 Å². The number of nitrogens with two attached hydrogens (primary N) is 1. The van der Waals surface area contributed by atoms with E-state index in [1.165, 1.54) is 0 Å². The summed E-state index contributed by atoms with van der Waals surface area (Å²) in [4.78, 5) is 13.9. The van der Waals surface area contributed by atoms with E-state index in [1.807, 2.05) is 0 Å².